The van der Waals surface area contributed by atoms with E-state index in [-0.39, 0.29) is 24.2 Å². The number of anilines is 2. The lowest BCUT2D eigenvalue weighted by Gasteiger charge is -2.27. The van der Waals surface area contributed by atoms with Crippen LogP contribution in [-0.4, -0.2) is 30.5 Å². The Morgan fingerprint density at radius 1 is 1.03 bits per heavy atom. The van der Waals surface area contributed by atoms with Gasteiger partial charge in [-0.25, -0.2) is 0 Å². The highest BCUT2D eigenvalue weighted by Gasteiger charge is 2.53. The lowest BCUT2D eigenvalue weighted by molar-refractivity contribution is -0.149. The molecular weight excluding hydrogens is 384 g/mol. The second-order valence-electron chi connectivity index (χ2n) is 7.76. The minimum absolute atomic E-state index is 0.0991. The second kappa shape index (κ2) is 8.18. The van der Waals surface area contributed by atoms with Gasteiger partial charge in [0.2, 0.25) is 5.91 Å². The van der Waals surface area contributed by atoms with E-state index in [2.05, 4.69) is 10.6 Å². The minimum Gasteiger partial charge on any atom is -0.497 e. The maximum atomic E-state index is 12.9. The van der Waals surface area contributed by atoms with Crippen LogP contribution in [0.25, 0.3) is 0 Å². The third-order valence-electron chi connectivity index (χ3n) is 5.81. The van der Waals surface area contributed by atoms with Crippen molar-refractivity contribution >= 4 is 29.2 Å². The number of methoxy groups -OCH3 is 1. The molecule has 7 nitrogen and oxygen atoms in total. The Morgan fingerprint density at radius 3 is 2.47 bits per heavy atom. The van der Waals surface area contributed by atoms with Crippen LogP contribution in [0, 0.1) is 5.92 Å². The molecule has 30 heavy (non-hydrogen) atoms. The zero-order valence-electron chi connectivity index (χ0n) is 16.8. The molecule has 1 saturated carbocycles. The molecule has 1 spiro atoms. The van der Waals surface area contributed by atoms with Gasteiger partial charge in [-0.15, -0.1) is 0 Å². The lowest BCUT2D eigenvalue weighted by Crippen LogP contribution is -2.39. The molecule has 0 unspecified atom stereocenters. The van der Waals surface area contributed by atoms with E-state index in [1.165, 1.54) is 0 Å². The summed E-state index contributed by atoms with van der Waals surface area (Å²) < 4.78 is 10.7. The summed E-state index contributed by atoms with van der Waals surface area (Å²) in [5, 5.41) is 5.68. The largest absolute Gasteiger partial charge is 0.497 e. The number of esters is 1. The van der Waals surface area contributed by atoms with E-state index < -0.39 is 11.5 Å². The normalized spacial score (nSPS) is 19.4. The molecule has 1 aliphatic heterocycles. The summed E-state index contributed by atoms with van der Waals surface area (Å²) in [5.41, 5.74) is 0.858. The summed E-state index contributed by atoms with van der Waals surface area (Å²) in [6.07, 6.45) is 3.45. The van der Waals surface area contributed by atoms with Crippen LogP contribution in [0.1, 0.15) is 42.5 Å². The fourth-order valence-electron chi connectivity index (χ4n) is 4.32. The quantitative estimate of drug-likeness (QED) is 0.735. The molecule has 1 aliphatic carbocycles. The first kappa shape index (κ1) is 19.9. The van der Waals surface area contributed by atoms with Crippen molar-refractivity contribution in [2.45, 2.75) is 37.7 Å². The molecule has 2 aromatic carbocycles. The Hall–Kier alpha value is -3.35. The highest BCUT2D eigenvalue weighted by atomic mass is 16.6. The maximum Gasteiger partial charge on any atom is 0.307 e. The first-order chi connectivity index (χ1) is 14.5. The second-order valence-corrected chi connectivity index (χ2v) is 7.76. The van der Waals surface area contributed by atoms with Crippen molar-refractivity contribution in [1.82, 2.24) is 0 Å². The molecule has 7 heteroatoms. The van der Waals surface area contributed by atoms with Crippen LogP contribution in [0.3, 0.4) is 0 Å². The van der Waals surface area contributed by atoms with Gasteiger partial charge < -0.3 is 20.1 Å². The van der Waals surface area contributed by atoms with Gasteiger partial charge in [-0.2, -0.15) is 0 Å². The van der Waals surface area contributed by atoms with Crippen molar-refractivity contribution in [2.75, 3.05) is 17.7 Å². The molecule has 1 saturated heterocycles. The van der Waals surface area contributed by atoms with E-state index in [1.54, 1.807) is 55.6 Å². The van der Waals surface area contributed by atoms with Crippen LogP contribution in [0.5, 0.6) is 5.75 Å². The lowest BCUT2D eigenvalue weighted by atomic mass is 9.85. The molecule has 156 valence electrons. The van der Waals surface area contributed by atoms with Crippen molar-refractivity contribution in [3.63, 3.8) is 0 Å². The number of amides is 2. The molecule has 2 aliphatic rings. The minimum atomic E-state index is -0.664. The van der Waals surface area contributed by atoms with E-state index in [9.17, 15) is 14.4 Å². The van der Waals surface area contributed by atoms with Crippen LogP contribution < -0.4 is 15.4 Å². The predicted octanol–water partition coefficient (Wildman–Crippen LogP) is 3.76. The number of rotatable bonds is 5. The van der Waals surface area contributed by atoms with E-state index in [1.807, 2.05) is 0 Å². The van der Waals surface area contributed by atoms with Crippen LogP contribution in [0.2, 0.25) is 0 Å². The number of ether oxygens (including phenoxy) is 2. The third kappa shape index (κ3) is 4.01. The standard InChI is InChI=1S/C23H24N2O5/c1-29-18-9-5-8-17(13-18)24-21(27)15-6-4-7-16(12-15)25-22(28)19-14-20(26)30-23(19)10-2-3-11-23/h4-9,12-13,19H,2-3,10-11,14H2,1H3,(H,24,27)(H,25,28)/t19-/m0/s1. The molecule has 4 rings (SSSR count). The molecule has 1 atom stereocenters. The summed E-state index contributed by atoms with van der Waals surface area (Å²) in [5.74, 6) is -0.715. The molecule has 0 radical (unpaired) electrons. The third-order valence-corrected chi connectivity index (χ3v) is 5.81. The van der Waals surface area contributed by atoms with Crippen molar-refractivity contribution < 1.29 is 23.9 Å². The number of hydrogen-bond donors (Lipinski definition) is 2. The van der Waals surface area contributed by atoms with E-state index >= 15 is 0 Å². The average molecular weight is 408 g/mol. The van der Waals surface area contributed by atoms with Gasteiger partial charge in [0.25, 0.3) is 5.91 Å². The first-order valence-electron chi connectivity index (χ1n) is 10.1. The summed E-state index contributed by atoms with van der Waals surface area (Å²) in [6.45, 7) is 0. The van der Waals surface area contributed by atoms with Crippen LogP contribution in [0.4, 0.5) is 11.4 Å². The van der Waals surface area contributed by atoms with Gasteiger partial charge in [0.1, 0.15) is 11.4 Å². The van der Waals surface area contributed by atoms with Gasteiger partial charge >= 0.3 is 5.97 Å². The van der Waals surface area contributed by atoms with Crippen molar-refractivity contribution in [3.8, 4) is 5.75 Å². The molecule has 2 amide bonds. The Kier molecular flexibility index (Phi) is 5.44. The highest BCUT2D eigenvalue weighted by molar-refractivity contribution is 6.05. The number of hydrogen-bond acceptors (Lipinski definition) is 5. The molecule has 2 aromatic rings. The van der Waals surface area contributed by atoms with Crippen molar-refractivity contribution in [3.05, 3.63) is 54.1 Å². The highest BCUT2D eigenvalue weighted by Crippen LogP contribution is 2.45. The average Bonchev–Trinajstić information content (AvgIpc) is 3.34. The van der Waals surface area contributed by atoms with Crippen molar-refractivity contribution in [2.24, 2.45) is 5.92 Å². The zero-order valence-corrected chi connectivity index (χ0v) is 16.8. The predicted molar refractivity (Wildman–Crippen MR) is 111 cm³/mol. The Bertz CT molecular complexity index is 981. The number of carbonyl (C=O) groups is 3. The Balaban J connectivity index is 1.46. The van der Waals surface area contributed by atoms with Crippen LogP contribution >= 0.6 is 0 Å². The number of carbonyl (C=O) groups excluding carboxylic acids is 3. The molecule has 2 fully saturated rings. The summed E-state index contributed by atoms with van der Waals surface area (Å²) >= 11 is 0. The van der Waals surface area contributed by atoms with Gasteiger partial charge in [-0.05, 0) is 56.0 Å². The van der Waals surface area contributed by atoms with Gasteiger partial charge in [-0.1, -0.05) is 12.1 Å². The number of nitrogens with one attached hydrogen (secondary N) is 2. The molecular formula is C23H24N2O5. The van der Waals surface area contributed by atoms with Crippen LogP contribution in [-0.2, 0) is 14.3 Å². The molecule has 2 N–H and O–H groups in total. The topological polar surface area (TPSA) is 93.7 Å². The Morgan fingerprint density at radius 2 is 1.73 bits per heavy atom. The zero-order chi connectivity index (χ0) is 21.1. The molecule has 0 bridgehead atoms. The first-order valence-corrected chi connectivity index (χ1v) is 10.1. The Labute approximate surface area is 174 Å². The summed E-state index contributed by atoms with van der Waals surface area (Å²) in [6, 6.07) is 13.8. The van der Waals surface area contributed by atoms with E-state index in [0.717, 1.165) is 25.7 Å². The molecule has 1 heterocycles. The monoisotopic (exact) mass is 408 g/mol. The van der Waals surface area contributed by atoms with Gasteiger partial charge in [-0.3, -0.25) is 14.4 Å². The SMILES string of the molecule is COc1cccc(NC(=O)c2cccc(NC(=O)[C@@H]3CC(=O)OC34CCCC4)c2)c1. The summed E-state index contributed by atoms with van der Waals surface area (Å²) in [7, 11) is 1.56. The maximum absolute atomic E-state index is 12.9. The fourth-order valence-corrected chi connectivity index (χ4v) is 4.32. The smallest absolute Gasteiger partial charge is 0.307 e. The fraction of sp³-hybridized carbons (Fsp3) is 0.348. The van der Waals surface area contributed by atoms with E-state index in [0.29, 0.717) is 22.7 Å². The van der Waals surface area contributed by atoms with Gasteiger partial charge in [0, 0.05) is 23.0 Å². The molecule has 0 aromatic heterocycles. The van der Waals surface area contributed by atoms with E-state index in [4.69, 9.17) is 9.47 Å². The van der Waals surface area contributed by atoms with Crippen molar-refractivity contribution in [1.29, 1.82) is 0 Å². The van der Waals surface area contributed by atoms with Crippen LogP contribution in [0.15, 0.2) is 48.5 Å². The van der Waals surface area contributed by atoms with Gasteiger partial charge in [0.15, 0.2) is 0 Å². The summed E-state index contributed by atoms with van der Waals surface area (Å²) in [4.78, 5) is 37.4. The van der Waals surface area contributed by atoms with Gasteiger partial charge in [0.05, 0.1) is 19.4 Å². The number of benzene rings is 2.